The van der Waals surface area contributed by atoms with E-state index in [-0.39, 0.29) is 11.7 Å². The van der Waals surface area contributed by atoms with Crippen molar-refractivity contribution in [1.29, 1.82) is 0 Å². The maximum Gasteiger partial charge on any atom is 0.234 e. The number of para-hydroxylation sites is 2. The summed E-state index contributed by atoms with van der Waals surface area (Å²) in [6.07, 6.45) is 3.07. The van der Waals surface area contributed by atoms with Gasteiger partial charge in [-0.15, -0.1) is 5.10 Å². The van der Waals surface area contributed by atoms with Crippen LogP contribution in [0.4, 0.5) is 5.69 Å². The van der Waals surface area contributed by atoms with E-state index in [1.807, 2.05) is 71.4 Å². The topological polar surface area (TPSA) is 59.8 Å². The highest BCUT2D eigenvalue weighted by molar-refractivity contribution is 7.99. The van der Waals surface area contributed by atoms with Crippen LogP contribution >= 0.6 is 11.8 Å². The molecule has 0 atom stereocenters. The number of nitrogens with one attached hydrogen (secondary N) is 1. The molecular weight excluding hydrogens is 416 g/mol. The second-order valence-electron chi connectivity index (χ2n) is 7.93. The molecule has 1 fully saturated rings. The van der Waals surface area contributed by atoms with Crippen LogP contribution in [0.15, 0.2) is 90.1 Å². The van der Waals surface area contributed by atoms with Gasteiger partial charge in [-0.05, 0) is 48.6 Å². The van der Waals surface area contributed by atoms with Crippen LogP contribution in [-0.2, 0) is 11.2 Å². The monoisotopic (exact) mass is 440 g/mol. The highest BCUT2D eigenvalue weighted by atomic mass is 32.2. The number of anilines is 1. The second kappa shape index (κ2) is 9.40. The van der Waals surface area contributed by atoms with Gasteiger partial charge in [-0.2, -0.15) is 0 Å². The van der Waals surface area contributed by atoms with E-state index in [0.29, 0.717) is 11.1 Å². The Hall–Kier alpha value is -3.38. The molecular formula is C26H24N4OS. The highest BCUT2D eigenvalue weighted by Gasteiger charge is 2.30. The number of nitrogens with zero attached hydrogens (tertiary/aromatic N) is 3. The van der Waals surface area contributed by atoms with Crippen molar-refractivity contribution in [1.82, 2.24) is 14.8 Å². The van der Waals surface area contributed by atoms with Gasteiger partial charge in [-0.25, -0.2) is 9.67 Å². The van der Waals surface area contributed by atoms with E-state index in [9.17, 15) is 4.79 Å². The Morgan fingerprint density at radius 3 is 2.38 bits per heavy atom. The molecule has 160 valence electrons. The molecule has 1 aliphatic rings. The maximum atomic E-state index is 12.7. The summed E-state index contributed by atoms with van der Waals surface area (Å²) in [7, 11) is 0. The first-order valence-corrected chi connectivity index (χ1v) is 11.8. The van der Waals surface area contributed by atoms with E-state index in [1.54, 1.807) is 0 Å². The van der Waals surface area contributed by atoms with Crippen LogP contribution in [0.2, 0.25) is 0 Å². The summed E-state index contributed by atoms with van der Waals surface area (Å²) < 4.78 is 1.92. The molecule has 1 amide bonds. The minimum absolute atomic E-state index is 0.0560. The van der Waals surface area contributed by atoms with E-state index in [4.69, 9.17) is 4.98 Å². The molecule has 0 radical (unpaired) electrons. The molecule has 5 rings (SSSR count). The molecule has 5 nitrogen and oxygen atoms in total. The predicted molar refractivity (Wildman–Crippen MR) is 128 cm³/mol. The quantitative estimate of drug-likeness (QED) is 0.369. The third-order valence-electron chi connectivity index (χ3n) is 5.42. The van der Waals surface area contributed by atoms with E-state index < -0.39 is 0 Å². The largest absolute Gasteiger partial charge is 0.325 e. The molecule has 0 spiro atoms. The average Bonchev–Trinajstić information content (AvgIpc) is 3.59. The molecule has 1 N–H and O–H groups in total. The molecule has 0 unspecified atom stereocenters. The third-order valence-corrected chi connectivity index (χ3v) is 6.25. The minimum Gasteiger partial charge on any atom is -0.325 e. The molecule has 6 heteroatoms. The Bertz CT molecular complexity index is 1200. The SMILES string of the molecule is O=C(CSc1nc(C2CC2)n(-c2ccccc2)n1)Nc1ccccc1Cc1ccccc1. The third kappa shape index (κ3) is 4.92. The molecule has 1 saturated carbocycles. The fraction of sp³-hybridized carbons (Fsp3) is 0.192. The van der Waals surface area contributed by atoms with Crippen molar-refractivity contribution < 1.29 is 4.79 Å². The van der Waals surface area contributed by atoms with E-state index in [0.717, 1.165) is 42.0 Å². The van der Waals surface area contributed by atoms with Gasteiger partial charge < -0.3 is 5.32 Å². The van der Waals surface area contributed by atoms with Gasteiger partial charge in [0.1, 0.15) is 5.82 Å². The second-order valence-corrected chi connectivity index (χ2v) is 8.87. The predicted octanol–water partition coefficient (Wildman–Crippen LogP) is 5.47. The standard InChI is InChI=1S/C26H24N4OS/c31-24(27-23-14-8-7-11-21(23)17-19-9-3-1-4-10-19)18-32-26-28-25(20-15-16-20)30(29-26)22-12-5-2-6-13-22/h1-14,20H,15-18H2,(H,27,31). The smallest absolute Gasteiger partial charge is 0.234 e. The summed E-state index contributed by atoms with van der Waals surface area (Å²) in [4.78, 5) is 17.4. The normalized spacial score (nSPS) is 13.1. The number of hydrogen-bond acceptors (Lipinski definition) is 4. The van der Waals surface area contributed by atoms with E-state index in [1.165, 1.54) is 17.3 Å². The lowest BCUT2D eigenvalue weighted by Gasteiger charge is -2.11. The number of aromatic nitrogens is 3. The highest BCUT2D eigenvalue weighted by Crippen LogP contribution is 2.40. The van der Waals surface area contributed by atoms with Gasteiger partial charge in [0.05, 0.1) is 11.4 Å². The zero-order chi connectivity index (χ0) is 21.8. The fourth-order valence-corrected chi connectivity index (χ4v) is 4.29. The Morgan fingerprint density at radius 1 is 0.938 bits per heavy atom. The van der Waals surface area contributed by atoms with Crippen LogP contribution in [0.1, 0.15) is 35.7 Å². The van der Waals surface area contributed by atoms with Crippen molar-refractivity contribution in [2.45, 2.75) is 30.3 Å². The van der Waals surface area contributed by atoms with Gasteiger partial charge in [-0.3, -0.25) is 4.79 Å². The van der Waals surface area contributed by atoms with E-state index in [2.05, 4.69) is 28.6 Å². The number of rotatable bonds is 8. The Balaban J connectivity index is 1.25. The molecule has 4 aromatic rings. The summed E-state index contributed by atoms with van der Waals surface area (Å²) in [6, 6.07) is 28.3. The first-order valence-electron chi connectivity index (χ1n) is 10.8. The maximum absolute atomic E-state index is 12.7. The number of thioether (sulfide) groups is 1. The summed E-state index contributed by atoms with van der Waals surface area (Å²) in [6.45, 7) is 0. The molecule has 0 aliphatic heterocycles. The summed E-state index contributed by atoms with van der Waals surface area (Å²) in [5, 5.41) is 8.39. The van der Waals surface area contributed by atoms with E-state index >= 15 is 0 Å². The average molecular weight is 441 g/mol. The van der Waals surface area contributed by atoms with Crippen molar-refractivity contribution in [3.05, 3.63) is 102 Å². The van der Waals surface area contributed by atoms with Crippen LogP contribution in [-0.4, -0.2) is 26.4 Å². The molecule has 1 aliphatic carbocycles. The first kappa shape index (κ1) is 20.5. The molecule has 0 bridgehead atoms. The van der Waals surface area contributed by atoms with Crippen LogP contribution < -0.4 is 5.32 Å². The molecule has 32 heavy (non-hydrogen) atoms. The van der Waals surface area contributed by atoms with Gasteiger partial charge in [-0.1, -0.05) is 78.5 Å². The zero-order valence-corrected chi connectivity index (χ0v) is 18.5. The zero-order valence-electron chi connectivity index (χ0n) is 17.6. The number of hydrogen-bond donors (Lipinski definition) is 1. The number of carbonyl (C=O) groups is 1. The first-order chi connectivity index (χ1) is 15.8. The van der Waals surface area contributed by atoms with Crippen LogP contribution in [0, 0.1) is 0 Å². The Morgan fingerprint density at radius 2 is 1.62 bits per heavy atom. The van der Waals surface area contributed by atoms with Gasteiger partial charge in [0.25, 0.3) is 0 Å². The van der Waals surface area contributed by atoms with Crippen molar-refractivity contribution in [2.75, 3.05) is 11.1 Å². The van der Waals surface area contributed by atoms with Crippen LogP contribution in [0.5, 0.6) is 0 Å². The van der Waals surface area contributed by atoms with Gasteiger partial charge >= 0.3 is 0 Å². The lowest BCUT2D eigenvalue weighted by atomic mass is 10.0. The van der Waals surface area contributed by atoms with Crippen LogP contribution in [0.3, 0.4) is 0 Å². The number of amides is 1. The Labute approximate surface area is 191 Å². The van der Waals surface area contributed by atoms with Gasteiger partial charge in [0.2, 0.25) is 11.1 Å². The number of benzene rings is 3. The molecule has 1 aromatic heterocycles. The summed E-state index contributed by atoms with van der Waals surface area (Å²) in [5.41, 5.74) is 4.17. The van der Waals surface area contributed by atoms with Gasteiger partial charge in [0.15, 0.2) is 0 Å². The molecule has 1 heterocycles. The van der Waals surface area contributed by atoms with Crippen molar-refractivity contribution >= 4 is 23.4 Å². The number of carbonyl (C=O) groups excluding carboxylic acids is 1. The molecule has 0 saturated heterocycles. The summed E-state index contributed by atoms with van der Waals surface area (Å²) in [5.74, 6) is 1.67. The van der Waals surface area contributed by atoms with Gasteiger partial charge in [0, 0.05) is 11.6 Å². The van der Waals surface area contributed by atoms with Crippen molar-refractivity contribution in [2.24, 2.45) is 0 Å². The lowest BCUT2D eigenvalue weighted by molar-refractivity contribution is -0.113. The van der Waals surface area contributed by atoms with Crippen molar-refractivity contribution in [3.8, 4) is 5.69 Å². The van der Waals surface area contributed by atoms with Crippen molar-refractivity contribution in [3.63, 3.8) is 0 Å². The lowest BCUT2D eigenvalue weighted by Crippen LogP contribution is -2.15. The summed E-state index contributed by atoms with van der Waals surface area (Å²) >= 11 is 1.38. The molecule has 3 aromatic carbocycles. The Kier molecular flexibility index (Phi) is 6.03. The fourth-order valence-electron chi connectivity index (χ4n) is 3.66. The van der Waals surface area contributed by atoms with Crippen LogP contribution in [0.25, 0.3) is 5.69 Å². The minimum atomic E-state index is -0.0560.